The van der Waals surface area contributed by atoms with E-state index in [0.29, 0.717) is 19.6 Å². The Morgan fingerprint density at radius 1 is 1.07 bits per heavy atom. The van der Waals surface area contributed by atoms with Crippen molar-refractivity contribution in [3.63, 3.8) is 0 Å². The number of carbonyl (C=O) groups is 2. The van der Waals surface area contributed by atoms with E-state index in [-0.39, 0.29) is 24.2 Å². The second-order valence-corrected chi connectivity index (χ2v) is 7.04. The van der Waals surface area contributed by atoms with E-state index in [2.05, 4.69) is 5.32 Å². The van der Waals surface area contributed by atoms with Gasteiger partial charge in [-0.25, -0.2) is 4.39 Å². The van der Waals surface area contributed by atoms with E-state index in [9.17, 15) is 14.0 Å². The Morgan fingerprint density at radius 2 is 1.79 bits per heavy atom. The number of halogens is 1. The Kier molecular flexibility index (Phi) is 8.80. The van der Waals surface area contributed by atoms with Crippen molar-refractivity contribution in [3.05, 3.63) is 66.0 Å². The molecule has 29 heavy (non-hydrogen) atoms. The van der Waals surface area contributed by atoms with E-state index in [1.54, 1.807) is 17.0 Å². The van der Waals surface area contributed by atoms with Gasteiger partial charge in [-0.15, -0.1) is 0 Å². The predicted molar refractivity (Wildman–Crippen MR) is 114 cm³/mol. The van der Waals surface area contributed by atoms with Gasteiger partial charge in [-0.2, -0.15) is 0 Å². The lowest BCUT2D eigenvalue weighted by Gasteiger charge is -2.30. The quantitative estimate of drug-likeness (QED) is 0.659. The number of carbonyl (C=O) groups excluding carboxylic acids is 2. The van der Waals surface area contributed by atoms with Crippen LogP contribution in [0.25, 0.3) is 0 Å². The summed E-state index contributed by atoms with van der Waals surface area (Å²) in [6.45, 7) is 7.35. The molecule has 0 aromatic heterocycles. The SMILES string of the molecule is CCCN(CC(=O)N(CC)Cc1cccc(F)c1)C(C)C(=O)Nc1ccccc1. The molecule has 2 aromatic rings. The van der Waals surface area contributed by atoms with Gasteiger partial charge in [0.05, 0.1) is 12.6 Å². The van der Waals surface area contributed by atoms with Crippen molar-refractivity contribution in [2.75, 3.05) is 25.0 Å². The zero-order chi connectivity index (χ0) is 21.2. The highest BCUT2D eigenvalue weighted by Crippen LogP contribution is 2.11. The number of nitrogens with zero attached hydrogens (tertiary/aromatic N) is 2. The van der Waals surface area contributed by atoms with Crippen LogP contribution in [0.5, 0.6) is 0 Å². The maximum Gasteiger partial charge on any atom is 0.241 e. The van der Waals surface area contributed by atoms with Gasteiger partial charge in [0, 0.05) is 18.8 Å². The molecule has 2 aromatic carbocycles. The minimum absolute atomic E-state index is 0.0791. The average molecular weight is 400 g/mol. The summed E-state index contributed by atoms with van der Waals surface area (Å²) < 4.78 is 13.5. The van der Waals surface area contributed by atoms with Gasteiger partial charge in [-0.3, -0.25) is 14.5 Å². The first-order valence-corrected chi connectivity index (χ1v) is 10.1. The second-order valence-electron chi connectivity index (χ2n) is 7.04. The smallest absolute Gasteiger partial charge is 0.241 e. The number of rotatable bonds is 10. The molecule has 0 aliphatic carbocycles. The molecule has 0 fully saturated rings. The summed E-state index contributed by atoms with van der Waals surface area (Å²) in [5.41, 5.74) is 1.48. The molecule has 0 aliphatic heterocycles. The van der Waals surface area contributed by atoms with Crippen molar-refractivity contribution in [1.82, 2.24) is 9.80 Å². The van der Waals surface area contributed by atoms with Gasteiger partial charge in [0.1, 0.15) is 5.82 Å². The Bertz CT molecular complexity index is 798. The molecular formula is C23H30FN3O2. The maximum absolute atomic E-state index is 13.5. The van der Waals surface area contributed by atoms with Crippen LogP contribution in [-0.4, -0.2) is 47.3 Å². The first-order chi connectivity index (χ1) is 13.9. The summed E-state index contributed by atoms with van der Waals surface area (Å²) >= 11 is 0. The summed E-state index contributed by atoms with van der Waals surface area (Å²) in [6, 6.07) is 15.1. The standard InChI is InChI=1S/C23H30FN3O2/c1-4-14-27(18(3)23(29)25-21-12-7-6-8-13-21)17-22(28)26(5-2)16-19-10-9-11-20(24)15-19/h6-13,15,18H,4-5,14,16-17H2,1-3H3,(H,25,29). The molecule has 2 amide bonds. The van der Waals surface area contributed by atoms with Gasteiger partial charge in [0.2, 0.25) is 11.8 Å². The largest absolute Gasteiger partial charge is 0.338 e. The molecule has 6 heteroatoms. The van der Waals surface area contributed by atoms with E-state index in [1.807, 2.05) is 56.0 Å². The molecular weight excluding hydrogens is 369 g/mol. The first-order valence-electron chi connectivity index (χ1n) is 10.1. The van der Waals surface area contributed by atoms with Crippen molar-refractivity contribution in [1.29, 1.82) is 0 Å². The van der Waals surface area contributed by atoms with Crippen LogP contribution >= 0.6 is 0 Å². The fourth-order valence-corrected chi connectivity index (χ4v) is 3.14. The summed E-state index contributed by atoms with van der Waals surface area (Å²) in [5, 5.41) is 2.90. The zero-order valence-corrected chi connectivity index (χ0v) is 17.4. The zero-order valence-electron chi connectivity index (χ0n) is 17.4. The van der Waals surface area contributed by atoms with Crippen molar-refractivity contribution < 1.29 is 14.0 Å². The van der Waals surface area contributed by atoms with Crippen LogP contribution in [0.15, 0.2) is 54.6 Å². The highest BCUT2D eigenvalue weighted by Gasteiger charge is 2.25. The molecule has 0 heterocycles. The third-order valence-corrected chi connectivity index (χ3v) is 4.81. The van der Waals surface area contributed by atoms with Crippen LogP contribution in [0.4, 0.5) is 10.1 Å². The third-order valence-electron chi connectivity index (χ3n) is 4.81. The minimum atomic E-state index is -0.452. The van der Waals surface area contributed by atoms with Gasteiger partial charge in [0.15, 0.2) is 0 Å². The van der Waals surface area contributed by atoms with Crippen molar-refractivity contribution in [3.8, 4) is 0 Å². The van der Waals surface area contributed by atoms with E-state index in [1.165, 1.54) is 12.1 Å². The number of benzene rings is 2. The molecule has 1 atom stereocenters. The molecule has 0 saturated carbocycles. The molecule has 156 valence electrons. The molecule has 5 nitrogen and oxygen atoms in total. The summed E-state index contributed by atoms with van der Waals surface area (Å²) in [6.07, 6.45) is 0.826. The van der Waals surface area contributed by atoms with Gasteiger partial charge < -0.3 is 10.2 Å². The fourth-order valence-electron chi connectivity index (χ4n) is 3.14. The van der Waals surface area contributed by atoms with E-state index in [4.69, 9.17) is 0 Å². The summed E-state index contributed by atoms with van der Waals surface area (Å²) in [7, 11) is 0. The minimum Gasteiger partial charge on any atom is -0.338 e. The third kappa shape index (κ3) is 6.98. The fraction of sp³-hybridized carbons (Fsp3) is 0.391. The molecule has 1 N–H and O–H groups in total. The van der Waals surface area contributed by atoms with Crippen molar-refractivity contribution >= 4 is 17.5 Å². The van der Waals surface area contributed by atoms with E-state index in [0.717, 1.165) is 17.7 Å². The lowest BCUT2D eigenvalue weighted by atomic mass is 10.2. The Balaban J connectivity index is 2.02. The molecule has 0 spiro atoms. The number of para-hydroxylation sites is 1. The second kappa shape index (κ2) is 11.3. The molecule has 1 unspecified atom stereocenters. The lowest BCUT2D eigenvalue weighted by molar-refractivity contribution is -0.134. The number of anilines is 1. The predicted octanol–water partition coefficient (Wildman–Crippen LogP) is 3.91. The molecule has 0 radical (unpaired) electrons. The number of nitrogens with one attached hydrogen (secondary N) is 1. The summed E-state index contributed by atoms with van der Waals surface area (Å²) in [5.74, 6) is -0.542. The number of amides is 2. The van der Waals surface area contributed by atoms with Gasteiger partial charge in [0.25, 0.3) is 0 Å². The Hall–Kier alpha value is -2.73. The van der Waals surface area contributed by atoms with Gasteiger partial charge in [-0.05, 0) is 56.6 Å². The lowest BCUT2D eigenvalue weighted by Crippen LogP contribution is -2.48. The Morgan fingerprint density at radius 3 is 2.41 bits per heavy atom. The number of hydrogen-bond donors (Lipinski definition) is 1. The monoisotopic (exact) mass is 399 g/mol. The van der Waals surface area contributed by atoms with Crippen LogP contribution in [0.1, 0.15) is 32.8 Å². The van der Waals surface area contributed by atoms with Crippen LogP contribution in [0.2, 0.25) is 0 Å². The van der Waals surface area contributed by atoms with Crippen molar-refractivity contribution in [2.45, 2.75) is 39.8 Å². The average Bonchev–Trinajstić information content (AvgIpc) is 2.71. The van der Waals surface area contributed by atoms with Crippen LogP contribution in [0, 0.1) is 5.82 Å². The maximum atomic E-state index is 13.5. The first kappa shape index (κ1) is 22.6. The molecule has 0 saturated heterocycles. The molecule has 0 bridgehead atoms. The number of likely N-dealkylation sites (N-methyl/N-ethyl adjacent to an activating group) is 1. The topological polar surface area (TPSA) is 52.7 Å². The van der Waals surface area contributed by atoms with E-state index >= 15 is 0 Å². The highest BCUT2D eigenvalue weighted by molar-refractivity contribution is 5.94. The van der Waals surface area contributed by atoms with Crippen LogP contribution in [-0.2, 0) is 16.1 Å². The van der Waals surface area contributed by atoms with Crippen molar-refractivity contribution in [2.24, 2.45) is 0 Å². The Labute approximate surface area is 172 Å². The summed E-state index contributed by atoms with van der Waals surface area (Å²) in [4.78, 5) is 29.1. The normalized spacial score (nSPS) is 11.9. The molecule has 2 rings (SSSR count). The highest BCUT2D eigenvalue weighted by atomic mass is 19.1. The van der Waals surface area contributed by atoms with Crippen LogP contribution in [0.3, 0.4) is 0 Å². The van der Waals surface area contributed by atoms with Crippen LogP contribution < -0.4 is 5.32 Å². The van der Waals surface area contributed by atoms with Gasteiger partial charge in [-0.1, -0.05) is 37.3 Å². The molecule has 0 aliphatic rings. The van der Waals surface area contributed by atoms with Gasteiger partial charge >= 0.3 is 0 Å². The van der Waals surface area contributed by atoms with E-state index < -0.39 is 6.04 Å². The number of hydrogen-bond acceptors (Lipinski definition) is 3.